The number of carbonyl (C=O) groups excluding carboxylic acids is 4. The fraction of sp³-hybridized carbons (Fsp3) is 0.559. The Bertz CT molecular complexity index is 1770. The Morgan fingerprint density at radius 1 is 1.12 bits per heavy atom. The van der Waals surface area contributed by atoms with Gasteiger partial charge in [-0.25, -0.2) is 14.5 Å². The highest BCUT2D eigenvalue weighted by Gasteiger charge is 2.61. The van der Waals surface area contributed by atoms with Crippen LogP contribution in [-0.4, -0.2) is 103 Å². The van der Waals surface area contributed by atoms with Gasteiger partial charge in [0.25, 0.3) is 11.8 Å². The molecule has 50 heavy (non-hydrogen) atoms. The van der Waals surface area contributed by atoms with Gasteiger partial charge in [0.1, 0.15) is 23.4 Å². The van der Waals surface area contributed by atoms with Crippen LogP contribution in [0.4, 0.5) is 4.79 Å². The molecular weight excluding hydrogens is 668 g/mol. The van der Waals surface area contributed by atoms with Gasteiger partial charge in [-0.05, 0) is 56.8 Å². The Labute approximate surface area is 293 Å². The highest BCUT2D eigenvalue weighted by molar-refractivity contribution is 7.87. The molecule has 2 aromatic rings. The molecule has 0 bridgehead atoms. The Hall–Kier alpha value is -4.44. The first-order valence-electron chi connectivity index (χ1n) is 16.2. The van der Waals surface area contributed by atoms with Crippen molar-refractivity contribution in [1.29, 1.82) is 0 Å². The van der Waals surface area contributed by atoms with E-state index in [2.05, 4.69) is 22.2 Å². The zero-order valence-corrected chi connectivity index (χ0v) is 30.8. The Morgan fingerprint density at radius 3 is 2.36 bits per heavy atom. The van der Waals surface area contributed by atoms with Crippen LogP contribution in [0.15, 0.2) is 43.1 Å². The lowest BCUT2D eigenvalue weighted by Gasteiger charge is -2.35. The molecule has 4 rings (SSSR count). The topological polar surface area (TPSA) is 186 Å². The summed E-state index contributed by atoms with van der Waals surface area (Å²) in [7, 11) is -0.0921. The zero-order chi connectivity index (χ0) is 37.4. The van der Waals surface area contributed by atoms with Crippen molar-refractivity contribution in [1.82, 2.24) is 29.5 Å². The van der Waals surface area contributed by atoms with Crippen molar-refractivity contribution in [2.75, 3.05) is 27.7 Å². The Kier molecular flexibility index (Phi) is 10.8. The van der Waals surface area contributed by atoms with Crippen molar-refractivity contribution >= 4 is 44.8 Å². The fourth-order valence-electron chi connectivity index (χ4n) is 5.71. The number of benzene rings is 1. The summed E-state index contributed by atoms with van der Waals surface area (Å²) in [5.74, 6) is -1.94. The van der Waals surface area contributed by atoms with Crippen LogP contribution >= 0.6 is 0 Å². The first-order chi connectivity index (χ1) is 23.1. The normalized spacial score (nSPS) is 22.8. The van der Waals surface area contributed by atoms with Gasteiger partial charge in [0, 0.05) is 49.0 Å². The van der Waals surface area contributed by atoms with Crippen molar-refractivity contribution in [2.24, 2.45) is 11.3 Å². The van der Waals surface area contributed by atoms with Crippen LogP contribution in [0.1, 0.15) is 54.4 Å². The van der Waals surface area contributed by atoms with Crippen LogP contribution in [0.2, 0.25) is 0 Å². The van der Waals surface area contributed by atoms with Gasteiger partial charge >= 0.3 is 16.3 Å². The standard InChI is InChI=1S/C34H48N6O9S/c1-11-21-18-34(21,30(43)38-50(45,46)39(8)9)36-27(41)25-17-23(48-28-24-13-12-22(47-10)16-20(24)14-15-35-28)19-40(25)29(42)26(32(2,3)4)49-31(44)37-33(5,6)7/h11-16,21,23,25-26H,1,17-19H2,2-10H3,(H,36,41)(H,37,44)(H,38,43)/t21-,23-,25+,26-,34-/m1/s1. The largest absolute Gasteiger partial charge is 0.497 e. The summed E-state index contributed by atoms with van der Waals surface area (Å²) in [5, 5.41) is 6.90. The summed E-state index contributed by atoms with van der Waals surface area (Å²) < 4.78 is 45.2. The van der Waals surface area contributed by atoms with Crippen LogP contribution in [0, 0.1) is 11.3 Å². The number of likely N-dealkylation sites (tertiary alicyclic amines) is 1. The number of alkyl carbamates (subject to hydrolysis) is 1. The third-order valence-corrected chi connectivity index (χ3v) is 9.93. The molecule has 2 aliphatic rings. The quantitative estimate of drug-likeness (QED) is 0.292. The molecule has 3 N–H and O–H groups in total. The van der Waals surface area contributed by atoms with E-state index in [1.54, 1.807) is 73.0 Å². The number of hydrogen-bond acceptors (Lipinski definition) is 10. The summed E-state index contributed by atoms with van der Waals surface area (Å²) in [6, 6.07) is 5.99. The third kappa shape index (κ3) is 8.46. The van der Waals surface area contributed by atoms with Gasteiger partial charge in [0.2, 0.25) is 11.8 Å². The number of methoxy groups -OCH3 is 1. The number of hydrogen-bond donors (Lipinski definition) is 3. The predicted octanol–water partition coefficient (Wildman–Crippen LogP) is 2.51. The number of aromatic nitrogens is 1. The van der Waals surface area contributed by atoms with E-state index >= 15 is 0 Å². The lowest BCUT2D eigenvalue weighted by Crippen LogP contribution is -2.59. The monoisotopic (exact) mass is 716 g/mol. The van der Waals surface area contributed by atoms with Crippen molar-refractivity contribution in [2.45, 2.75) is 83.7 Å². The molecule has 5 atom stereocenters. The lowest BCUT2D eigenvalue weighted by atomic mass is 9.88. The van der Waals surface area contributed by atoms with Gasteiger partial charge in [0.15, 0.2) is 6.10 Å². The molecule has 1 aliphatic carbocycles. The molecule has 1 saturated carbocycles. The number of ether oxygens (including phenoxy) is 3. The van der Waals surface area contributed by atoms with E-state index in [4.69, 9.17) is 14.2 Å². The molecule has 15 nitrogen and oxygen atoms in total. The summed E-state index contributed by atoms with van der Waals surface area (Å²) >= 11 is 0. The third-order valence-electron chi connectivity index (χ3n) is 8.53. The second-order valence-electron chi connectivity index (χ2n) is 14.9. The molecule has 1 aromatic carbocycles. The minimum atomic E-state index is -4.17. The van der Waals surface area contributed by atoms with Crippen molar-refractivity contribution in [3.8, 4) is 11.6 Å². The van der Waals surface area contributed by atoms with Gasteiger partial charge in [-0.15, -0.1) is 6.58 Å². The summed E-state index contributed by atoms with van der Waals surface area (Å²) in [6.45, 7) is 14.2. The van der Waals surface area contributed by atoms with Crippen molar-refractivity contribution < 1.29 is 41.8 Å². The Morgan fingerprint density at radius 2 is 1.80 bits per heavy atom. The van der Waals surface area contributed by atoms with Gasteiger partial charge in [0.05, 0.1) is 13.7 Å². The van der Waals surface area contributed by atoms with Crippen LogP contribution in [0.5, 0.6) is 11.6 Å². The smallest absolute Gasteiger partial charge is 0.408 e. The van der Waals surface area contributed by atoms with Gasteiger partial charge in [-0.1, -0.05) is 26.8 Å². The van der Waals surface area contributed by atoms with Gasteiger partial charge in [-0.2, -0.15) is 12.7 Å². The highest BCUT2D eigenvalue weighted by Crippen LogP contribution is 2.45. The zero-order valence-electron chi connectivity index (χ0n) is 30.0. The van der Waals surface area contributed by atoms with Crippen LogP contribution < -0.4 is 24.8 Å². The van der Waals surface area contributed by atoms with Gasteiger partial charge in [-0.3, -0.25) is 14.4 Å². The van der Waals surface area contributed by atoms with Gasteiger partial charge < -0.3 is 29.7 Å². The number of nitrogens with zero attached hydrogens (tertiary/aromatic N) is 3. The minimum Gasteiger partial charge on any atom is -0.497 e. The number of pyridine rings is 1. The molecule has 1 aliphatic heterocycles. The van der Waals surface area contributed by atoms with Crippen molar-refractivity contribution in [3.63, 3.8) is 0 Å². The Balaban J connectivity index is 1.68. The molecule has 1 aromatic heterocycles. The van der Waals surface area contributed by atoms with E-state index in [9.17, 15) is 27.6 Å². The average Bonchev–Trinajstić information content (AvgIpc) is 3.56. The minimum absolute atomic E-state index is 0.0106. The summed E-state index contributed by atoms with van der Waals surface area (Å²) in [6.07, 6.45) is 0.260. The second-order valence-corrected chi connectivity index (χ2v) is 16.8. The molecule has 2 heterocycles. The summed E-state index contributed by atoms with van der Waals surface area (Å²) in [5.41, 5.74) is -3.15. The van der Waals surface area contributed by atoms with E-state index in [1.807, 2.05) is 10.8 Å². The molecule has 2 fully saturated rings. The fourth-order valence-corrected chi connectivity index (χ4v) is 6.31. The SMILES string of the molecule is C=C[C@@H]1C[C@]1(NC(=O)[C@@H]1C[C@@H](Oc2nccc3cc(OC)ccc23)CN1C(=O)[C@@H](OC(=O)NC(C)(C)C)C(C)(C)C)C(=O)NS(=O)(=O)N(C)C. The van der Waals surface area contributed by atoms with E-state index < -0.39 is 74.7 Å². The predicted molar refractivity (Wildman–Crippen MR) is 185 cm³/mol. The van der Waals surface area contributed by atoms with E-state index in [0.29, 0.717) is 11.1 Å². The van der Waals surface area contributed by atoms with E-state index in [1.165, 1.54) is 25.1 Å². The molecule has 0 unspecified atom stereocenters. The maximum Gasteiger partial charge on any atom is 0.408 e. The number of rotatable bonds is 11. The van der Waals surface area contributed by atoms with Crippen LogP contribution in [0.3, 0.4) is 0 Å². The first kappa shape index (κ1) is 38.4. The summed E-state index contributed by atoms with van der Waals surface area (Å²) in [4.78, 5) is 60.5. The van der Waals surface area contributed by atoms with Crippen LogP contribution in [-0.2, 0) is 29.3 Å². The molecular formula is C34H48N6O9S. The molecule has 1 saturated heterocycles. The molecule has 0 radical (unpaired) electrons. The average molecular weight is 717 g/mol. The highest BCUT2D eigenvalue weighted by atomic mass is 32.2. The molecule has 4 amide bonds. The van der Waals surface area contributed by atoms with E-state index in [-0.39, 0.29) is 25.3 Å². The molecule has 16 heteroatoms. The number of fused-ring (bicyclic) bond motifs is 1. The number of nitrogens with one attached hydrogen (secondary N) is 3. The van der Waals surface area contributed by atoms with Crippen LogP contribution in [0.25, 0.3) is 10.8 Å². The number of amides is 4. The first-order valence-corrected chi connectivity index (χ1v) is 17.6. The second kappa shape index (κ2) is 14.1. The number of carbonyl (C=O) groups is 4. The van der Waals surface area contributed by atoms with Crippen molar-refractivity contribution in [3.05, 3.63) is 43.1 Å². The maximum atomic E-state index is 14.4. The molecule has 274 valence electrons. The molecule has 0 spiro atoms. The lowest BCUT2D eigenvalue weighted by molar-refractivity contribution is -0.150. The maximum absolute atomic E-state index is 14.4. The van der Waals surface area contributed by atoms with E-state index in [0.717, 1.165) is 9.69 Å².